The fraction of sp³-hybridized carbons (Fsp3) is 0.385. The molecule has 0 aromatic heterocycles. The molecule has 2 atom stereocenters. The SMILES string of the molecule is CC1C(=O)NC(=O)CN1c1ccc(F)cc1[C@H](C)N. The molecule has 2 amide bonds. The van der Waals surface area contributed by atoms with Crippen molar-refractivity contribution in [2.24, 2.45) is 5.73 Å². The molecular weight excluding hydrogens is 249 g/mol. The van der Waals surface area contributed by atoms with Crippen LogP contribution in [0, 0.1) is 5.82 Å². The molecule has 1 aromatic carbocycles. The van der Waals surface area contributed by atoms with Crippen molar-refractivity contribution in [2.75, 3.05) is 11.4 Å². The molecule has 0 saturated carbocycles. The summed E-state index contributed by atoms with van der Waals surface area (Å²) < 4.78 is 13.3. The van der Waals surface area contributed by atoms with Crippen LogP contribution < -0.4 is 16.0 Å². The predicted molar refractivity (Wildman–Crippen MR) is 69.0 cm³/mol. The molecule has 1 aliphatic rings. The van der Waals surface area contributed by atoms with E-state index < -0.39 is 17.9 Å². The summed E-state index contributed by atoms with van der Waals surface area (Å²) in [5.74, 6) is -1.13. The predicted octanol–water partition coefficient (Wildman–Crippen LogP) is 0.697. The summed E-state index contributed by atoms with van der Waals surface area (Å²) in [6.07, 6.45) is 0. The van der Waals surface area contributed by atoms with E-state index >= 15 is 0 Å². The first-order valence-electron chi connectivity index (χ1n) is 6.05. The van der Waals surface area contributed by atoms with Crippen molar-refractivity contribution in [1.82, 2.24) is 5.32 Å². The Balaban J connectivity index is 2.45. The van der Waals surface area contributed by atoms with Crippen LogP contribution in [0.15, 0.2) is 18.2 Å². The molecule has 2 rings (SSSR count). The lowest BCUT2D eigenvalue weighted by molar-refractivity contribution is -0.132. The zero-order valence-corrected chi connectivity index (χ0v) is 10.8. The molecule has 0 radical (unpaired) electrons. The third kappa shape index (κ3) is 2.58. The molecule has 1 fully saturated rings. The summed E-state index contributed by atoms with van der Waals surface area (Å²) in [5, 5.41) is 2.26. The van der Waals surface area contributed by atoms with Gasteiger partial charge in [-0.2, -0.15) is 0 Å². The monoisotopic (exact) mass is 265 g/mol. The van der Waals surface area contributed by atoms with Gasteiger partial charge in [-0.05, 0) is 37.6 Å². The highest BCUT2D eigenvalue weighted by atomic mass is 19.1. The second-order valence-electron chi connectivity index (χ2n) is 4.71. The highest BCUT2D eigenvalue weighted by molar-refractivity contribution is 6.04. The van der Waals surface area contributed by atoms with E-state index in [0.29, 0.717) is 11.3 Å². The summed E-state index contributed by atoms with van der Waals surface area (Å²) in [4.78, 5) is 24.8. The normalized spacial score (nSPS) is 21.3. The van der Waals surface area contributed by atoms with E-state index in [4.69, 9.17) is 5.73 Å². The lowest BCUT2D eigenvalue weighted by Gasteiger charge is -2.35. The molecule has 1 heterocycles. The van der Waals surface area contributed by atoms with Crippen LogP contribution in [0.4, 0.5) is 10.1 Å². The van der Waals surface area contributed by atoms with Crippen LogP contribution in [-0.4, -0.2) is 24.4 Å². The third-order valence-corrected chi connectivity index (χ3v) is 3.21. The van der Waals surface area contributed by atoms with Crippen molar-refractivity contribution in [1.29, 1.82) is 0 Å². The molecule has 0 bridgehead atoms. The number of benzene rings is 1. The average molecular weight is 265 g/mol. The van der Waals surface area contributed by atoms with Crippen molar-refractivity contribution in [2.45, 2.75) is 25.9 Å². The third-order valence-electron chi connectivity index (χ3n) is 3.21. The summed E-state index contributed by atoms with van der Waals surface area (Å²) in [6.45, 7) is 3.48. The lowest BCUT2D eigenvalue weighted by atomic mass is 10.0. The summed E-state index contributed by atoms with van der Waals surface area (Å²) in [5.41, 5.74) is 7.02. The smallest absolute Gasteiger partial charge is 0.249 e. The van der Waals surface area contributed by atoms with E-state index in [-0.39, 0.29) is 18.4 Å². The molecule has 6 heteroatoms. The molecule has 1 saturated heterocycles. The van der Waals surface area contributed by atoms with E-state index in [1.165, 1.54) is 12.1 Å². The second kappa shape index (κ2) is 4.97. The van der Waals surface area contributed by atoms with Crippen molar-refractivity contribution < 1.29 is 14.0 Å². The van der Waals surface area contributed by atoms with Gasteiger partial charge in [-0.1, -0.05) is 0 Å². The molecule has 1 unspecified atom stereocenters. The number of hydrogen-bond acceptors (Lipinski definition) is 4. The largest absolute Gasteiger partial charge is 0.350 e. The fourth-order valence-corrected chi connectivity index (χ4v) is 2.16. The zero-order chi connectivity index (χ0) is 14.2. The molecule has 0 aliphatic carbocycles. The van der Waals surface area contributed by atoms with Gasteiger partial charge >= 0.3 is 0 Å². The van der Waals surface area contributed by atoms with Crippen LogP contribution in [0.3, 0.4) is 0 Å². The van der Waals surface area contributed by atoms with Crippen LogP contribution >= 0.6 is 0 Å². The lowest BCUT2D eigenvalue weighted by Crippen LogP contribution is -2.57. The minimum atomic E-state index is -0.499. The molecule has 5 nitrogen and oxygen atoms in total. The van der Waals surface area contributed by atoms with E-state index in [9.17, 15) is 14.0 Å². The van der Waals surface area contributed by atoms with Crippen LogP contribution in [-0.2, 0) is 9.59 Å². The fourth-order valence-electron chi connectivity index (χ4n) is 2.16. The van der Waals surface area contributed by atoms with E-state index in [1.54, 1.807) is 24.8 Å². The van der Waals surface area contributed by atoms with Crippen LogP contribution in [0.1, 0.15) is 25.5 Å². The first-order chi connectivity index (χ1) is 8.90. The van der Waals surface area contributed by atoms with Crippen molar-refractivity contribution >= 4 is 17.5 Å². The van der Waals surface area contributed by atoms with E-state index in [2.05, 4.69) is 5.32 Å². The average Bonchev–Trinajstić information content (AvgIpc) is 2.34. The zero-order valence-electron chi connectivity index (χ0n) is 10.8. The maximum Gasteiger partial charge on any atom is 0.249 e. The highest BCUT2D eigenvalue weighted by Gasteiger charge is 2.31. The quantitative estimate of drug-likeness (QED) is 0.772. The molecule has 1 aliphatic heterocycles. The molecule has 19 heavy (non-hydrogen) atoms. The van der Waals surface area contributed by atoms with Gasteiger partial charge in [-0.3, -0.25) is 14.9 Å². The van der Waals surface area contributed by atoms with Crippen LogP contribution in [0.5, 0.6) is 0 Å². The Morgan fingerprint density at radius 3 is 2.79 bits per heavy atom. The van der Waals surface area contributed by atoms with Gasteiger partial charge in [0.25, 0.3) is 0 Å². The van der Waals surface area contributed by atoms with Gasteiger partial charge < -0.3 is 10.6 Å². The Morgan fingerprint density at radius 2 is 2.16 bits per heavy atom. The topological polar surface area (TPSA) is 75.4 Å². The summed E-state index contributed by atoms with van der Waals surface area (Å²) in [6, 6.07) is 3.30. The van der Waals surface area contributed by atoms with E-state index in [0.717, 1.165) is 0 Å². The number of rotatable bonds is 2. The van der Waals surface area contributed by atoms with Gasteiger partial charge in [-0.25, -0.2) is 4.39 Å². The first kappa shape index (κ1) is 13.5. The number of hydrogen-bond donors (Lipinski definition) is 2. The Labute approximate surface area is 110 Å². The van der Waals surface area contributed by atoms with Gasteiger partial charge in [0, 0.05) is 11.7 Å². The number of amides is 2. The second-order valence-corrected chi connectivity index (χ2v) is 4.71. The number of carbonyl (C=O) groups is 2. The number of nitrogens with one attached hydrogen (secondary N) is 1. The minimum absolute atomic E-state index is 0.0538. The van der Waals surface area contributed by atoms with Gasteiger partial charge in [-0.15, -0.1) is 0 Å². The summed E-state index contributed by atoms with van der Waals surface area (Å²) in [7, 11) is 0. The van der Waals surface area contributed by atoms with Crippen molar-refractivity contribution in [3.63, 3.8) is 0 Å². The maximum absolute atomic E-state index is 13.3. The number of carbonyl (C=O) groups excluding carboxylic acids is 2. The number of nitrogens with two attached hydrogens (primary N) is 1. The first-order valence-corrected chi connectivity index (χ1v) is 6.05. The minimum Gasteiger partial charge on any atom is -0.350 e. The molecular formula is C13H16FN3O2. The van der Waals surface area contributed by atoms with Gasteiger partial charge in [0.05, 0.1) is 6.54 Å². The molecule has 1 aromatic rings. The summed E-state index contributed by atoms with van der Waals surface area (Å²) >= 11 is 0. The standard InChI is InChI=1S/C13H16FN3O2/c1-7(15)10-5-9(14)3-4-11(10)17-6-12(18)16-13(19)8(17)2/h3-5,7-8H,6,15H2,1-2H3,(H,16,18,19)/t7-,8?/m0/s1. The number of anilines is 1. The highest BCUT2D eigenvalue weighted by Crippen LogP contribution is 2.28. The Kier molecular flexibility index (Phi) is 3.53. The van der Waals surface area contributed by atoms with Gasteiger partial charge in [0.15, 0.2) is 0 Å². The van der Waals surface area contributed by atoms with E-state index in [1.807, 2.05) is 0 Å². The van der Waals surface area contributed by atoms with Crippen LogP contribution in [0.2, 0.25) is 0 Å². The van der Waals surface area contributed by atoms with Crippen LogP contribution in [0.25, 0.3) is 0 Å². The number of imide groups is 1. The van der Waals surface area contributed by atoms with Gasteiger partial charge in [0.2, 0.25) is 11.8 Å². The number of piperazine rings is 1. The molecule has 3 N–H and O–H groups in total. The van der Waals surface area contributed by atoms with Gasteiger partial charge in [0.1, 0.15) is 11.9 Å². The maximum atomic E-state index is 13.3. The number of nitrogens with zero attached hydrogens (tertiary/aromatic N) is 1. The Hall–Kier alpha value is -1.95. The Morgan fingerprint density at radius 1 is 1.47 bits per heavy atom. The van der Waals surface area contributed by atoms with Crippen molar-refractivity contribution in [3.05, 3.63) is 29.6 Å². The Bertz CT molecular complexity index is 531. The number of halogens is 1. The molecule has 0 spiro atoms. The molecule has 102 valence electrons. The van der Waals surface area contributed by atoms with Crippen molar-refractivity contribution in [3.8, 4) is 0 Å².